The molecule has 5 aromatic rings. The number of nitrogens with two attached hydrogens (primary N) is 1. The van der Waals surface area contributed by atoms with Gasteiger partial charge in [0, 0.05) is 29.7 Å². The largest absolute Gasteiger partial charge is 0.451 e. The summed E-state index contributed by atoms with van der Waals surface area (Å²) in [5.74, 6) is -1.58. The van der Waals surface area contributed by atoms with Gasteiger partial charge in [-0.15, -0.1) is 0 Å². The third kappa shape index (κ3) is 3.94. The first-order chi connectivity index (χ1) is 16.8. The zero-order chi connectivity index (χ0) is 24.7. The molecule has 0 aliphatic carbocycles. The molecule has 0 amide bonds. The lowest BCUT2D eigenvalue weighted by molar-refractivity contribution is -0.144. The summed E-state index contributed by atoms with van der Waals surface area (Å²) >= 11 is 0. The highest BCUT2D eigenvalue weighted by molar-refractivity contribution is 5.98. The summed E-state index contributed by atoms with van der Waals surface area (Å²) in [5, 5.41) is 9.27. The highest BCUT2D eigenvalue weighted by Gasteiger charge is 2.34. The van der Waals surface area contributed by atoms with Gasteiger partial charge in [-0.1, -0.05) is 19.1 Å². The fraction of sp³-hybridized carbons (Fsp3) is 0.182. The maximum atomic E-state index is 14.2. The molecule has 0 aliphatic heterocycles. The molecule has 1 atom stereocenters. The van der Waals surface area contributed by atoms with E-state index in [0.29, 0.717) is 23.0 Å². The first kappa shape index (κ1) is 22.4. The lowest BCUT2D eigenvalue weighted by Crippen LogP contribution is -2.12. The molecule has 9 nitrogen and oxygen atoms in total. The maximum absolute atomic E-state index is 14.2. The molecule has 0 radical (unpaired) electrons. The van der Waals surface area contributed by atoms with E-state index in [1.165, 1.54) is 17.1 Å². The first-order valence-electron chi connectivity index (χ1n) is 10.5. The summed E-state index contributed by atoms with van der Waals surface area (Å²) in [6, 6.07) is 5.84. The minimum Gasteiger partial charge on any atom is -0.383 e. The number of alkyl halides is 3. The molecule has 4 heterocycles. The number of anilines is 1. The van der Waals surface area contributed by atoms with Crippen LogP contribution in [0.3, 0.4) is 0 Å². The standard InChI is InChI=1S/C22H17F4N9/c1-2-15(13-9-32-34(10-13)16-6-4-3-5-14(16)23)35-20-17(19(27)30-11-31-20)18(33-35)12-7-28-21(29-8-12)22(24,25)26/h3-11,15H,2H2,1H3,(H2,27,30,31)/t15-/m1/s1. The van der Waals surface area contributed by atoms with Crippen molar-refractivity contribution in [1.82, 2.24) is 39.5 Å². The Balaban J connectivity index is 1.62. The number of rotatable bonds is 5. The number of nitrogen functional groups attached to an aromatic ring is 1. The van der Waals surface area contributed by atoms with Crippen molar-refractivity contribution in [2.45, 2.75) is 25.6 Å². The van der Waals surface area contributed by atoms with Crippen LogP contribution in [0.25, 0.3) is 28.0 Å². The Morgan fingerprint density at radius 2 is 1.77 bits per heavy atom. The van der Waals surface area contributed by atoms with Gasteiger partial charge in [-0.2, -0.15) is 23.4 Å². The van der Waals surface area contributed by atoms with E-state index in [9.17, 15) is 17.6 Å². The SMILES string of the molecule is CC[C@H](c1cnn(-c2ccccc2F)c1)n1nc(-c2cnc(C(F)(F)F)nc2)c2c(N)ncnc21. The first-order valence-corrected chi connectivity index (χ1v) is 10.5. The lowest BCUT2D eigenvalue weighted by Gasteiger charge is -2.14. The van der Waals surface area contributed by atoms with E-state index in [1.807, 2.05) is 6.92 Å². The molecule has 0 unspecified atom stereocenters. The van der Waals surface area contributed by atoms with Crippen molar-refractivity contribution in [3.63, 3.8) is 0 Å². The van der Waals surface area contributed by atoms with E-state index in [1.54, 1.807) is 35.3 Å². The summed E-state index contributed by atoms with van der Waals surface area (Å²) in [6.45, 7) is 1.92. The van der Waals surface area contributed by atoms with Crippen molar-refractivity contribution in [2.24, 2.45) is 0 Å². The van der Waals surface area contributed by atoms with E-state index in [-0.39, 0.29) is 22.8 Å². The van der Waals surface area contributed by atoms with Gasteiger partial charge < -0.3 is 5.73 Å². The molecule has 35 heavy (non-hydrogen) atoms. The summed E-state index contributed by atoms with van der Waals surface area (Å²) in [4.78, 5) is 15.2. The van der Waals surface area contributed by atoms with Crippen LogP contribution in [0.5, 0.6) is 0 Å². The zero-order valence-electron chi connectivity index (χ0n) is 18.1. The van der Waals surface area contributed by atoms with Crippen LogP contribution < -0.4 is 5.73 Å². The van der Waals surface area contributed by atoms with E-state index in [2.05, 4.69) is 30.1 Å². The van der Waals surface area contributed by atoms with Gasteiger partial charge in [-0.25, -0.2) is 33.7 Å². The summed E-state index contributed by atoms with van der Waals surface area (Å²) < 4.78 is 56.0. The zero-order valence-corrected chi connectivity index (χ0v) is 18.1. The smallest absolute Gasteiger partial charge is 0.383 e. The van der Waals surface area contributed by atoms with Crippen LogP contribution in [0, 0.1) is 5.82 Å². The van der Waals surface area contributed by atoms with Gasteiger partial charge in [0.2, 0.25) is 5.82 Å². The fourth-order valence-electron chi connectivity index (χ4n) is 3.84. The van der Waals surface area contributed by atoms with E-state index in [0.717, 1.165) is 12.4 Å². The van der Waals surface area contributed by atoms with Gasteiger partial charge in [0.25, 0.3) is 0 Å². The summed E-state index contributed by atoms with van der Waals surface area (Å²) in [5.41, 5.74) is 7.94. The Morgan fingerprint density at radius 1 is 1.03 bits per heavy atom. The van der Waals surface area contributed by atoms with Gasteiger partial charge in [0.05, 0.1) is 17.6 Å². The molecule has 13 heteroatoms. The van der Waals surface area contributed by atoms with Crippen LogP contribution in [-0.4, -0.2) is 39.5 Å². The minimum atomic E-state index is -4.67. The third-order valence-corrected chi connectivity index (χ3v) is 5.47. The van der Waals surface area contributed by atoms with Crippen molar-refractivity contribution in [3.8, 4) is 16.9 Å². The number of fused-ring (bicyclic) bond motifs is 1. The van der Waals surface area contributed by atoms with E-state index < -0.39 is 23.9 Å². The average Bonchev–Trinajstić information content (AvgIpc) is 3.46. The van der Waals surface area contributed by atoms with Crippen molar-refractivity contribution < 1.29 is 17.6 Å². The molecule has 0 saturated carbocycles. The third-order valence-electron chi connectivity index (χ3n) is 5.47. The Hall–Kier alpha value is -4.42. The van der Waals surface area contributed by atoms with Crippen molar-refractivity contribution >= 4 is 16.9 Å². The molecule has 178 valence electrons. The van der Waals surface area contributed by atoms with Crippen LogP contribution in [0.15, 0.2) is 55.4 Å². The monoisotopic (exact) mass is 483 g/mol. The summed E-state index contributed by atoms with van der Waals surface area (Å²) in [7, 11) is 0. The molecule has 1 aromatic carbocycles. The average molecular weight is 483 g/mol. The van der Waals surface area contributed by atoms with E-state index in [4.69, 9.17) is 5.73 Å². The topological polar surface area (TPSA) is 113 Å². The predicted octanol–water partition coefficient (Wildman–Crippen LogP) is 4.21. The highest BCUT2D eigenvalue weighted by Crippen LogP contribution is 2.34. The Bertz CT molecular complexity index is 1510. The Labute approximate surface area is 195 Å². The van der Waals surface area contributed by atoms with Crippen LogP contribution >= 0.6 is 0 Å². The van der Waals surface area contributed by atoms with Crippen LogP contribution in [0.2, 0.25) is 0 Å². The predicted molar refractivity (Wildman–Crippen MR) is 118 cm³/mol. The molecule has 0 spiro atoms. The van der Waals surface area contributed by atoms with Gasteiger partial charge in [0.1, 0.15) is 29.3 Å². The molecule has 2 N–H and O–H groups in total. The minimum absolute atomic E-state index is 0.105. The van der Waals surface area contributed by atoms with Gasteiger partial charge in [0.15, 0.2) is 5.65 Å². The number of nitrogens with zero attached hydrogens (tertiary/aromatic N) is 8. The second kappa shape index (κ2) is 8.42. The van der Waals surface area contributed by atoms with Crippen molar-refractivity contribution in [1.29, 1.82) is 0 Å². The normalized spacial score (nSPS) is 12.8. The molecular weight excluding hydrogens is 466 g/mol. The van der Waals surface area contributed by atoms with Gasteiger partial charge in [-0.3, -0.25) is 0 Å². The number of para-hydroxylation sites is 1. The second-order valence-electron chi connectivity index (χ2n) is 7.64. The van der Waals surface area contributed by atoms with Crippen molar-refractivity contribution in [2.75, 3.05) is 5.73 Å². The van der Waals surface area contributed by atoms with Crippen LogP contribution in [0.4, 0.5) is 23.4 Å². The number of hydrogen-bond acceptors (Lipinski definition) is 7. The quantitative estimate of drug-likeness (QED) is 0.373. The van der Waals surface area contributed by atoms with Crippen molar-refractivity contribution in [3.05, 3.63) is 72.6 Å². The molecule has 0 saturated heterocycles. The fourth-order valence-corrected chi connectivity index (χ4v) is 3.84. The molecule has 0 fully saturated rings. The van der Waals surface area contributed by atoms with Crippen LogP contribution in [0.1, 0.15) is 30.8 Å². The number of halogens is 4. The van der Waals surface area contributed by atoms with Gasteiger partial charge >= 0.3 is 6.18 Å². The van der Waals surface area contributed by atoms with Gasteiger partial charge in [-0.05, 0) is 18.6 Å². The molecule has 0 aliphatic rings. The second-order valence-corrected chi connectivity index (χ2v) is 7.64. The summed E-state index contributed by atoms with van der Waals surface area (Å²) in [6.07, 6.45) is 2.50. The molecular formula is C22H17F4N9. The number of hydrogen-bond donors (Lipinski definition) is 1. The van der Waals surface area contributed by atoms with E-state index >= 15 is 0 Å². The molecule has 5 rings (SSSR count). The van der Waals surface area contributed by atoms with Crippen LogP contribution in [-0.2, 0) is 6.18 Å². The molecule has 4 aromatic heterocycles. The lowest BCUT2D eigenvalue weighted by atomic mass is 10.1. The number of benzene rings is 1. The Morgan fingerprint density at radius 3 is 2.46 bits per heavy atom. The molecule has 0 bridgehead atoms. The highest BCUT2D eigenvalue weighted by atomic mass is 19.4. The number of aromatic nitrogens is 8. The maximum Gasteiger partial charge on any atom is 0.451 e. The Kier molecular flexibility index (Phi) is 5.38.